The van der Waals surface area contributed by atoms with Crippen molar-refractivity contribution < 1.29 is 14.6 Å². The van der Waals surface area contributed by atoms with Gasteiger partial charge in [-0.05, 0) is 25.7 Å². The number of carboxylic acids is 1. The Hall–Kier alpha value is -1.36. The average molecular weight is 224 g/mol. The van der Waals surface area contributed by atoms with Crippen molar-refractivity contribution >= 4 is 5.97 Å². The van der Waals surface area contributed by atoms with Crippen molar-refractivity contribution in [2.24, 2.45) is 5.92 Å². The van der Waals surface area contributed by atoms with Crippen molar-refractivity contribution in [3.63, 3.8) is 0 Å². The van der Waals surface area contributed by atoms with Gasteiger partial charge in [0.15, 0.2) is 0 Å². The molecule has 16 heavy (non-hydrogen) atoms. The van der Waals surface area contributed by atoms with Gasteiger partial charge in [0.2, 0.25) is 0 Å². The van der Waals surface area contributed by atoms with Gasteiger partial charge in [0.05, 0.1) is 6.20 Å². The zero-order valence-electron chi connectivity index (χ0n) is 9.35. The molecule has 1 saturated heterocycles. The number of hydrogen-bond acceptors (Lipinski definition) is 3. The van der Waals surface area contributed by atoms with Crippen LogP contribution in [0.5, 0.6) is 0 Å². The first-order chi connectivity index (χ1) is 7.68. The molecule has 5 heteroatoms. The highest BCUT2D eigenvalue weighted by atomic mass is 16.5. The van der Waals surface area contributed by atoms with Crippen molar-refractivity contribution in [1.82, 2.24) is 9.78 Å². The smallest absolute Gasteiger partial charge is 0.339 e. The van der Waals surface area contributed by atoms with E-state index in [2.05, 4.69) is 5.10 Å². The predicted molar refractivity (Wildman–Crippen MR) is 57.5 cm³/mol. The summed E-state index contributed by atoms with van der Waals surface area (Å²) in [4.78, 5) is 10.9. The average Bonchev–Trinajstić information content (AvgIpc) is 2.62. The zero-order valence-corrected chi connectivity index (χ0v) is 9.35. The highest BCUT2D eigenvalue weighted by molar-refractivity contribution is 5.88. The normalized spacial score (nSPS) is 17.6. The Labute approximate surface area is 94.0 Å². The summed E-state index contributed by atoms with van der Waals surface area (Å²) in [5, 5.41) is 13.0. The molecule has 1 aromatic rings. The van der Waals surface area contributed by atoms with E-state index in [-0.39, 0.29) is 0 Å². The van der Waals surface area contributed by atoms with Crippen LogP contribution in [-0.2, 0) is 11.3 Å². The summed E-state index contributed by atoms with van der Waals surface area (Å²) in [6.45, 7) is 4.20. The summed E-state index contributed by atoms with van der Waals surface area (Å²) < 4.78 is 7.08. The van der Waals surface area contributed by atoms with Gasteiger partial charge >= 0.3 is 5.97 Å². The van der Waals surface area contributed by atoms with Gasteiger partial charge in [0.1, 0.15) is 5.56 Å². The van der Waals surface area contributed by atoms with Gasteiger partial charge in [-0.15, -0.1) is 0 Å². The van der Waals surface area contributed by atoms with Crippen molar-refractivity contribution in [2.75, 3.05) is 13.2 Å². The van der Waals surface area contributed by atoms with E-state index in [4.69, 9.17) is 9.84 Å². The molecule has 0 unspecified atom stereocenters. The van der Waals surface area contributed by atoms with E-state index in [0.717, 1.165) is 38.3 Å². The maximum Gasteiger partial charge on any atom is 0.339 e. The molecule has 0 spiro atoms. The van der Waals surface area contributed by atoms with Crippen LogP contribution in [0.4, 0.5) is 0 Å². The van der Waals surface area contributed by atoms with Crippen molar-refractivity contribution in [3.05, 3.63) is 17.5 Å². The van der Waals surface area contributed by atoms with Gasteiger partial charge in [-0.2, -0.15) is 5.10 Å². The molecule has 1 aliphatic heterocycles. The first-order valence-electron chi connectivity index (χ1n) is 5.52. The molecule has 2 heterocycles. The van der Waals surface area contributed by atoms with E-state index in [9.17, 15) is 4.79 Å². The van der Waals surface area contributed by atoms with Gasteiger partial charge in [-0.25, -0.2) is 4.79 Å². The van der Waals surface area contributed by atoms with Crippen LogP contribution in [0.3, 0.4) is 0 Å². The molecule has 0 amide bonds. The minimum atomic E-state index is -0.907. The number of carboxylic acid groups (broad SMARTS) is 1. The van der Waals surface area contributed by atoms with Gasteiger partial charge in [-0.3, -0.25) is 4.68 Å². The Kier molecular flexibility index (Phi) is 3.24. The lowest BCUT2D eigenvalue weighted by molar-refractivity contribution is 0.0598. The molecule has 0 atom stereocenters. The molecule has 0 saturated carbocycles. The standard InChI is InChI=1S/C11H16N2O3/c1-8-10(11(14)15)6-12-13(8)7-9-2-4-16-5-3-9/h6,9H,2-5,7H2,1H3,(H,14,15). The van der Waals surface area contributed by atoms with E-state index < -0.39 is 5.97 Å². The molecule has 1 aliphatic rings. The fraction of sp³-hybridized carbons (Fsp3) is 0.636. The molecular formula is C11H16N2O3. The van der Waals surface area contributed by atoms with E-state index >= 15 is 0 Å². The highest BCUT2D eigenvalue weighted by Crippen LogP contribution is 2.18. The van der Waals surface area contributed by atoms with Crippen molar-refractivity contribution in [3.8, 4) is 0 Å². The lowest BCUT2D eigenvalue weighted by atomic mass is 10.0. The first-order valence-corrected chi connectivity index (χ1v) is 5.52. The van der Waals surface area contributed by atoms with E-state index in [0.29, 0.717) is 11.5 Å². The fourth-order valence-electron chi connectivity index (χ4n) is 2.01. The summed E-state index contributed by atoms with van der Waals surface area (Å²) in [5.41, 5.74) is 1.03. The Balaban J connectivity index is 2.06. The van der Waals surface area contributed by atoms with Crippen LogP contribution in [0, 0.1) is 12.8 Å². The largest absolute Gasteiger partial charge is 0.478 e. The molecule has 1 N–H and O–H groups in total. The number of hydrogen-bond donors (Lipinski definition) is 1. The number of rotatable bonds is 3. The van der Waals surface area contributed by atoms with E-state index in [1.54, 1.807) is 11.6 Å². The maximum atomic E-state index is 10.9. The molecule has 0 radical (unpaired) electrons. The predicted octanol–water partition coefficient (Wildman–Crippen LogP) is 1.32. The molecule has 0 bridgehead atoms. The lowest BCUT2D eigenvalue weighted by Crippen LogP contribution is -2.21. The molecule has 88 valence electrons. The minimum absolute atomic E-state index is 0.298. The Morgan fingerprint density at radius 1 is 1.62 bits per heavy atom. The zero-order chi connectivity index (χ0) is 11.5. The highest BCUT2D eigenvalue weighted by Gasteiger charge is 2.18. The maximum absolute atomic E-state index is 10.9. The van der Waals surface area contributed by atoms with Crippen LogP contribution < -0.4 is 0 Å². The second-order valence-electron chi connectivity index (χ2n) is 4.19. The van der Waals surface area contributed by atoms with Crippen LogP contribution in [0.2, 0.25) is 0 Å². The molecular weight excluding hydrogens is 208 g/mol. The van der Waals surface area contributed by atoms with Crippen molar-refractivity contribution in [2.45, 2.75) is 26.3 Å². The lowest BCUT2D eigenvalue weighted by Gasteiger charge is -2.22. The third-order valence-corrected chi connectivity index (χ3v) is 3.11. The summed E-state index contributed by atoms with van der Waals surface area (Å²) >= 11 is 0. The number of aromatic carboxylic acids is 1. The van der Waals surface area contributed by atoms with Crippen LogP contribution in [-0.4, -0.2) is 34.1 Å². The van der Waals surface area contributed by atoms with Crippen LogP contribution in [0.15, 0.2) is 6.20 Å². The number of aromatic nitrogens is 2. The molecule has 1 aromatic heterocycles. The quantitative estimate of drug-likeness (QED) is 0.840. The number of nitrogens with zero attached hydrogens (tertiary/aromatic N) is 2. The van der Waals surface area contributed by atoms with Crippen LogP contribution in [0.1, 0.15) is 28.9 Å². The summed E-state index contributed by atoms with van der Waals surface area (Å²) in [7, 11) is 0. The molecule has 0 aliphatic carbocycles. The molecule has 2 rings (SSSR count). The molecule has 5 nitrogen and oxygen atoms in total. The van der Waals surface area contributed by atoms with Gasteiger partial charge in [0, 0.05) is 25.5 Å². The van der Waals surface area contributed by atoms with E-state index in [1.807, 2.05) is 0 Å². The number of carbonyl (C=O) groups is 1. The third kappa shape index (κ3) is 2.24. The second-order valence-corrected chi connectivity index (χ2v) is 4.19. The second kappa shape index (κ2) is 4.65. The van der Waals surface area contributed by atoms with E-state index in [1.165, 1.54) is 6.20 Å². The summed E-state index contributed by atoms with van der Waals surface area (Å²) in [5.74, 6) is -0.357. The third-order valence-electron chi connectivity index (χ3n) is 3.11. The minimum Gasteiger partial charge on any atom is -0.478 e. The van der Waals surface area contributed by atoms with Crippen LogP contribution in [0.25, 0.3) is 0 Å². The number of ether oxygens (including phenoxy) is 1. The van der Waals surface area contributed by atoms with Gasteiger partial charge in [-0.1, -0.05) is 0 Å². The molecule has 1 fully saturated rings. The topological polar surface area (TPSA) is 64.3 Å². The van der Waals surface area contributed by atoms with Crippen molar-refractivity contribution in [1.29, 1.82) is 0 Å². The monoisotopic (exact) mass is 224 g/mol. The summed E-state index contributed by atoms with van der Waals surface area (Å²) in [6, 6.07) is 0. The van der Waals surface area contributed by atoms with Crippen LogP contribution >= 0.6 is 0 Å². The summed E-state index contributed by atoms with van der Waals surface area (Å²) in [6.07, 6.45) is 3.49. The first kappa shape index (κ1) is 11.1. The Bertz CT molecular complexity index is 381. The Morgan fingerprint density at radius 2 is 2.31 bits per heavy atom. The van der Waals surface area contributed by atoms with Gasteiger partial charge < -0.3 is 9.84 Å². The Morgan fingerprint density at radius 3 is 2.88 bits per heavy atom. The molecule has 0 aromatic carbocycles. The SMILES string of the molecule is Cc1c(C(=O)O)cnn1CC1CCOCC1. The van der Waals surface area contributed by atoms with Gasteiger partial charge in [0.25, 0.3) is 0 Å². The fourth-order valence-corrected chi connectivity index (χ4v) is 2.01.